The molecule has 0 spiro atoms. The van der Waals surface area contributed by atoms with Gasteiger partial charge in [0.2, 0.25) is 0 Å². The Balaban J connectivity index is 2.09. The average molecular weight is 415 g/mol. The molecule has 6 N–H and O–H groups in total. The molecule has 0 aromatic carbocycles. The van der Waals surface area contributed by atoms with Crippen LogP contribution in [0.25, 0.3) is 0 Å². The Morgan fingerprint density at radius 1 is 1.20 bits per heavy atom. The zero-order chi connectivity index (χ0) is 19.0. The molecule has 0 aliphatic carbocycles. The Kier molecular flexibility index (Phi) is 5.81. The van der Waals surface area contributed by atoms with E-state index in [2.05, 4.69) is 8.83 Å². The molecule has 142 valence electrons. The monoisotopic (exact) mass is 415 g/mol. The van der Waals surface area contributed by atoms with Crippen molar-refractivity contribution >= 4 is 15.6 Å². The molecule has 0 radical (unpaired) electrons. The quantitative estimate of drug-likeness (QED) is 0.208. The summed E-state index contributed by atoms with van der Waals surface area (Å²) in [6, 6.07) is 0.962. The van der Waals surface area contributed by atoms with Gasteiger partial charge in [-0.15, -0.1) is 0 Å². The summed E-state index contributed by atoms with van der Waals surface area (Å²) in [6.45, 7) is -0.902. The minimum absolute atomic E-state index is 0.704. The zero-order valence-electron chi connectivity index (χ0n) is 12.1. The van der Waals surface area contributed by atoms with Crippen molar-refractivity contribution in [1.29, 1.82) is 0 Å². The van der Waals surface area contributed by atoms with Crippen molar-refractivity contribution in [3.8, 4) is 0 Å². The maximum absolute atomic E-state index is 11.7. The van der Waals surface area contributed by atoms with Gasteiger partial charge in [0.25, 0.3) is 5.56 Å². The molecule has 1 fully saturated rings. The van der Waals surface area contributed by atoms with Gasteiger partial charge in [-0.2, -0.15) is 4.31 Å². The number of rotatable bonds is 6. The molecule has 2 rings (SSSR count). The number of nitrogens with zero attached hydrogens (tertiary/aromatic N) is 1. The summed E-state index contributed by atoms with van der Waals surface area (Å²) in [4.78, 5) is 50.7. The molecule has 0 saturated carbocycles. The topological polar surface area (TPSA) is 218 Å². The first-order chi connectivity index (χ1) is 11.4. The van der Waals surface area contributed by atoms with Gasteiger partial charge in [0.15, 0.2) is 6.23 Å². The molecule has 1 saturated heterocycles. The molecule has 14 nitrogen and oxygen atoms in total. The van der Waals surface area contributed by atoms with E-state index in [1.165, 1.54) is 0 Å². The summed E-state index contributed by atoms with van der Waals surface area (Å²) in [5.74, 6) is 0. The van der Waals surface area contributed by atoms with Crippen LogP contribution in [-0.4, -0.2) is 59.4 Å². The van der Waals surface area contributed by atoms with Gasteiger partial charge in [-0.05, 0) is 0 Å². The van der Waals surface area contributed by atoms with E-state index in [1.807, 2.05) is 4.98 Å². The second-order valence-electron chi connectivity index (χ2n) is 4.90. The lowest BCUT2D eigenvalue weighted by atomic mass is 11.1. The maximum Gasteiger partial charge on any atom is 0.481 e. The predicted octanol–water partition coefficient (Wildman–Crippen LogP) is -2.62. The van der Waals surface area contributed by atoms with Crippen LogP contribution in [-0.2, 0) is 22.7 Å². The van der Waals surface area contributed by atoms with Gasteiger partial charge in [-0.3, -0.25) is 18.9 Å². The first-order valence-corrected chi connectivity index (χ1v) is 9.49. The van der Waals surface area contributed by atoms with Crippen LogP contribution in [0.4, 0.5) is 0 Å². The van der Waals surface area contributed by atoms with E-state index < -0.39 is 58.0 Å². The third-order valence-corrected chi connectivity index (χ3v) is 5.23. The molecule has 1 aromatic heterocycles. The Morgan fingerprint density at radius 2 is 1.84 bits per heavy atom. The molecule has 2 unspecified atom stereocenters. The van der Waals surface area contributed by atoms with Crippen LogP contribution >= 0.6 is 15.6 Å². The van der Waals surface area contributed by atoms with Crippen LogP contribution in [0, 0.1) is 0 Å². The fourth-order valence-electron chi connectivity index (χ4n) is 2.05. The molecule has 16 heteroatoms. The van der Waals surface area contributed by atoms with E-state index in [-0.39, 0.29) is 0 Å². The highest BCUT2D eigenvalue weighted by Gasteiger charge is 2.45. The van der Waals surface area contributed by atoms with Gasteiger partial charge in [-0.1, -0.05) is 0 Å². The molecular weight excluding hydrogens is 401 g/mol. The number of aliphatic hydroxyl groups is 2. The molecule has 5 atom stereocenters. The van der Waals surface area contributed by atoms with E-state index in [0.29, 0.717) is 0 Å². The highest BCUT2D eigenvalue weighted by atomic mass is 31.3. The highest BCUT2D eigenvalue weighted by molar-refractivity contribution is 7.60. The first kappa shape index (κ1) is 20.1. The third kappa shape index (κ3) is 5.15. The fourth-order valence-corrected chi connectivity index (χ4v) is 3.65. The number of H-pyrrole nitrogens is 1. The smallest absolute Gasteiger partial charge is 0.387 e. The summed E-state index contributed by atoms with van der Waals surface area (Å²) in [5, 5.41) is 19.8. The summed E-state index contributed by atoms with van der Waals surface area (Å²) in [6.07, 6.45) is -5.25. The van der Waals surface area contributed by atoms with Crippen LogP contribution < -0.4 is 11.2 Å². The molecule has 0 amide bonds. The molecule has 0 bridgehead atoms. The van der Waals surface area contributed by atoms with Crippen LogP contribution in [0.15, 0.2) is 21.9 Å². The second kappa shape index (κ2) is 7.21. The Hall–Kier alpha value is -1.18. The zero-order valence-corrected chi connectivity index (χ0v) is 13.9. The third-order valence-electron chi connectivity index (χ3n) is 3.07. The first-order valence-electron chi connectivity index (χ1n) is 6.47. The van der Waals surface area contributed by atoms with Crippen molar-refractivity contribution in [2.45, 2.75) is 24.5 Å². The molecule has 2 heterocycles. The minimum Gasteiger partial charge on any atom is -0.387 e. The van der Waals surface area contributed by atoms with E-state index in [1.54, 1.807) is 0 Å². The molecule has 1 aliphatic heterocycles. The minimum atomic E-state index is -5.32. The van der Waals surface area contributed by atoms with Crippen molar-refractivity contribution in [2.24, 2.45) is 0 Å². The highest BCUT2D eigenvalue weighted by Crippen LogP contribution is 2.57. The van der Waals surface area contributed by atoms with Crippen LogP contribution in [0.3, 0.4) is 0 Å². The predicted molar refractivity (Wildman–Crippen MR) is 76.2 cm³/mol. The number of aromatic nitrogens is 2. The lowest BCUT2D eigenvalue weighted by Gasteiger charge is -2.17. The lowest BCUT2D eigenvalue weighted by Crippen LogP contribution is -2.37. The average Bonchev–Trinajstić information content (AvgIpc) is 2.71. The normalized spacial score (nSPS) is 29.5. The number of hydrogen-bond acceptors (Lipinski definition) is 9. The number of hydrogen-bond donors (Lipinski definition) is 6. The molecule has 1 aliphatic rings. The number of phosphoric ester groups is 1. The maximum atomic E-state index is 11.7. The molecular formula is C9H14N2O12P2. The van der Waals surface area contributed by atoms with Gasteiger partial charge < -0.3 is 29.6 Å². The molecule has 25 heavy (non-hydrogen) atoms. The number of ether oxygens (including phenoxy) is 1. The van der Waals surface area contributed by atoms with E-state index in [4.69, 9.17) is 19.4 Å². The van der Waals surface area contributed by atoms with Crippen molar-refractivity contribution in [1.82, 2.24) is 9.55 Å². The summed E-state index contributed by atoms with van der Waals surface area (Å²) in [7, 11) is -10.5. The van der Waals surface area contributed by atoms with E-state index in [9.17, 15) is 28.9 Å². The van der Waals surface area contributed by atoms with Crippen LogP contribution in [0.5, 0.6) is 0 Å². The van der Waals surface area contributed by atoms with E-state index >= 15 is 0 Å². The number of aromatic amines is 1. The Morgan fingerprint density at radius 3 is 2.40 bits per heavy atom. The largest absolute Gasteiger partial charge is 0.481 e. The summed E-state index contributed by atoms with van der Waals surface area (Å²) < 4.78 is 35.6. The van der Waals surface area contributed by atoms with Crippen LogP contribution in [0.1, 0.15) is 6.23 Å². The molecule has 1 aromatic rings. The number of aliphatic hydroxyl groups excluding tert-OH is 2. The van der Waals surface area contributed by atoms with Crippen molar-refractivity contribution in [3.63, 3.8) is 0 Å². The Bertz CT molecular complexity index is 828. The second-order valence-corrected chi connectivity index (χ2v) is 7.73. The summed E-state index contributed by atoms with van der Waals surface area (Å²) in [5.41, 5.74) is -1.65. The van der Waals surface area contributed by atoms with Crippen molar-refractivity contribution in [2.75, 3.05) is 6.61 Å². The lowest BCUT2D eigenvalue weighted by molar-refractivity contribution is -0.0542. The summed E-state index contributed by atoms with van der Waals surface area (Å²) >= 11 is 0. The van der Waals surface area contributed by atoms with Crippen molar-refractivity contribution in [3.05, 3.63) is 33.1 Å². The SMILES string of the molecule is O=[13c]1[13cH][13cH][15n]([13C@@H]2O[13C@H]([13CH2]OP(=O)(O)OP(=O)(O)O)[13C@H](O)[13CH]2O)[13c](=O)[15nH]1. The number of nitrogens with one attached hydrogen (secondary N) is 1. The van der Waals surface area contributed by atoms with Gasteiger partial charge in [-0.25, -0.2) is 13.9 Å². The van der Waals surface area contributed by atoms with Gasteiger partial charge in [0, 0.05) is 12.3 Å². The van der Waals surface area contributed by atoms with Crippen LogP contribution in [0.2, 0.25) is 0 Å². The van der Waals surface area contributed by atoms with Gasteiger partial charge in [0.1, 0.15) is 18.3 Å². The van der Waals surface area contributed by atoms with E-state index in [0.717, 1.165) is 16.8 Å². The number of phosphoric acid groups is 2. The van der Waals surface area contributed by atoms with Gasteiger partial charge in [0.05, 0.1) is 6.61 Å². The van der Waals surface area contributed by atoms with Gasteiger partial charge >= 0.3 is 21.3 Å². The standard InChI is InChI=1S/C9H14N2O12P2/c12-5-1-2-11(9(15)10-5)8-7(14)6(13)4(22-8)3-21-25(19,20)23-24(16,17)18/h1-2,4,6-8,13-14H,3H2,(H,19,20)(H,10,12,15)(H2,16,17,18)/t4-,6+,7?,8-/m1/s1/i1+1,2+1,3+1,4+1,5+1,6+1,7+1,8+1,9+1,10+1,11+1. The Labute approximate surface area is 138 Å². The van der Waals surface area contributed by atoms with Crippen molar-refractivity contribution < 1.29 is 47.6 Å². The fraction of sp³-hybridized carbons (Fsp3) is 0.556.